The zero-order chi connectivity index (χ0) is 42.0. The number of aromatic nitrogens is 3. The lowest BCUT2D eigenvalue weighted by molar-refractivity contribution is -0.138. The van der Waals surface area contributed by atoms with Crippen LogP contribution in [0.3, 0.4) is 0 Å². The minimum atomic E-state index is -0.785. The molecule has 0 spiro atoms. The van der Waals surface area contributed by atoms with Crippen molar-refractivity contribution in [3.05, 3.63) is 95.1 Å². The Hall–Kier alpha value is -4.73. The van der Waals surface area contributed by atoms with E-state index in [0.29, 0.717) is 29.4 Å². The quantitative estimate of drug-likeness (QED) is 0.0520. The molecule has 0 radical (unpaired) electrons. The number of rotatable bonds is 29. The van der Waals surface area contributed by atoms with Gasteiger partial charge in [-0.15, -0.1) is 5.10 Å². The van der Waals surface area contributed by atoms with Crippen molar-refractivity contribution in [2.45, 2.75) is 160 Å². The third kappa shape index (κ3) is 14.5. The van der Waals surface area contributed by atoms with Crippen LogP contribution in [0.5, 0.6) is 11.5 Å². The molecule has 10 heteroatoms. The second-order valence-electron chi connectivity index (χ2n) is 17.0. The molecule has 5 rings (SSSR count). The fourth-order valence-electron chi connectivity index (χ4n) is 8.20. The molecule has 1 unspecified atom stereocenters. The first kappa shape index (κ1) is 45.4. The van der Waals surface area contributed by atoms with Crippen molar-refractivity contribution >= 4 is 11.9 Å². The van der Waals surface area contributed by atoms with Crippen LogP contribution in [0, 0.1) is 11.7 Å². The number of unbranched alkanes of at least 4 members (excludes halogenated alkanes) is 14. The number of hydrogen-bond donors (Lipinski definition) is 2. The minimum Gasteiger partial charge on any atom is -0.497 e. The Morgan fingerprint density at radius 1 is 0.780 bits per heavy atom. The lowest BCUT2D eigenvalue weighted by atomic mass is 9.85. The van der Waals surface area contributed by atoms with E-state index in [1.807, 2.05) is 47.3 Å². The second kappa shape index (κ2) is 23.2. The number of hydrogen-bond acceptors (Lipinski definition) is 6. The number of methoxy groups -OCH3 is 1. The van der Waals surface area contributed by atoms with Gasteiger partial charge in [-0.05, 0) is 116 Å². The van der Waals surface area contributed by atoms with Gasteiger partial charge in [0.1, 0.15) is 23.9 Å². The second-order valence-corrected chi connectivity index (χ2v) is 17.0. The summed E-state index contributed by atoms with van der Waals surface area (Å²) in [5.41, 5.74) is 4.20. The Morgan fingerprint density at radius 3 is 2.03 bits per heavy atom. The van der Waals surface area contributed by atoms with Gasteiger partial charge in [0.2, 0.25) is 0 Å². The van der Waals surface area contributed by atoms with Crippen molar-refractivity contribution in [3.63, 3.8) is 0 Å². The molecule has 1 saturated carbocycles. The van der Waals surface area contributed by atoms with Crippen LogP contribution in [0.15, 0.2) is 66.9 Å². The average molecular weight is 812 g/mol. The lowest BCUT2D eigenvalue weighted by Crippen LogP contribution is -2.29. The molecular weight excluding hydrogens is 746 g/mol. The molecule has 1 aromatic heterocycles. The summed E-state index contributed by atoms with van der Waals surface area (Å²) >= 11 is 0. The largest absolute Gasteiger partial charge is 0.497 e. The highest BCUT2D eigenvalue weighted by atomic mass is 19.1. The first-order chi connectivity index (χ1) is 28.5. The third-order valence-corrected chi connectivity index (χ3v) is 11.9. The van der Waals surface area contributed by atoms with Crippen LogP contribution in [0.1, 0.15) is 164 Å². The van der Waals surface area contributed by atoms with E-state index < -0.39 is 17.5 Å². The van der Waals surface area contributed by atoms with Gasteiger partial charge in [-0.25, -0.2) is 9.07 Å². The maximum Gasteiger partial charge on any atom is 0.303 e. The molecule has 0 aliphatic heterocycles. The average Bonchev–Trinajstić information content (AvgIpc) is 3.95. The summed E-state index contributed by atoms with van der Waals surface area (Å²) in [5, 5.41) is 27.4. The van der Waals surface area contributed by atoms with Gasteiger partial charge in [0.25, 0.3) is 0 Å². The maximum atomic E-state index is 15.5. The zero-order valence-electron chi connectivity index (χ0n) is 35.6. The fourth-order valence-corrected chi connectivity index (χ4v) is 8.20. The number of carboxylic acid groups (broad SMARTS) is 2. The summed E-state index contributed by atoms with van der Waals surface area (Å²) in [5.74, 6) is -0.172. The number of carbonyl (C=O) groups is 2. The van der Waals surface area contributed by atoms with E-state index in [-0.39, 0.29) is 24.8 Å². The lowest BCUT2D eigenvalue weighted by Gasteiger charge is -2.29. The molecular formula is C49H66FN3O6. The fraction of sp³-hybridized carbons (Fsp3) is 0.551. The highest BCUT2D eigenvalue weighted by molar-refractivity contribution is 5.71. The molecule has 1 aliphatic carbocycles. The number of nitrogens with zero attached hydrogens (tertiary/aromatic N) is 3. The Kier molecular flexibility index (Phi) is 17.8. The van der Waals surface area contributed by atoms with Crippen LogP contribution in [-0.2, 0) is 28.2 Å². The number of ether oxygens (including phenoxy) is 2. The molecule has 59 heavy (non-hydrogen) atoms. The predicted molar refractivity (Wildman–Crippen MR) is 231 cm³/mol. The van der Waals surface area contributed by atoms with Crippen molar-refractivity contribution in [2.75, 3.05) is 7.11 Å². The van der Waals surface area contributed by atoms with Gasteiger partial charge in [0.15, 0.2) is 0 Å². The number of halogens is 1. The van der Waals surface area contributed by atoms with Gasteiger partial charge < -0.3 is 19.7 Å². The number of carboxylic acids is 2. The van der Waals surface area contributed by atoms with Crippen LogP contribution >= 0.6 is 0 Å². The van der Waals surface area contributed by atoms with Crippen molar-refractivity contribution in [2.24, 2.45) is 5.92 Å². The van der Waals surface area contributed by atoms with Crippen molar-refractivity contribution in [3.8, 4) is 22.6 Å². The molecule has 0 saturated heterocycles. The van der Waals surface area contributed by atoms with E-state index in [4.69, 9.17) is 14.6 Å². The Bertz CT molecular complexity index is 1920. The Balaban J connectivity index is 1.13. The molecule has 3 aromatic carbocycles. The van der Waals surface area contributed by atoms with Gasteiger partial charge in [-0.3, -0.25) is 9.59 Å². The summed E-state index contributed by atoms with van der Waals surface area (Å²) in [6.45, 7) is 4.43. The van der Waals surface area contributed by atoms with E-state index in [0.717, 1.165) is 79.3 Å². The van der Waals surface area contributed by atoms with Crippen LogP contribution in [0.25, 0.3) is 11.1 Å². The van der Waals surface area contributed by atoms with E-state index in [9.17, 15) is 14.7 Å². The Labute approximate surface area is 350 Å². The monoisotopic (exact) mass is 811 g/mol. The van der Waals surface area contributed by atoms with Crippen molar-refractivity contribution in [1.29, 1.82) is 0 Å². The number of aliphatic carboxylic acids is 2. The van der Waals surface area contributed by atoms with E-state index in [2.05, 4.69) is 30.2 Å². The first-order valence-electron chi connectivity index (χ1n) is 22.1. The predicted octanol–water partition coefficient (Wildman–Crippen LogP) is 12.3. The standard InChI is InChI=1S/C49H66FN3O6/c1-49(2,53-34-39(51-52-53)21-17-15-13-11-9-7-5-4-6-8-10-12-14-16-18-23-47(54)55)45-30-36(24-28-42(45)44-32-40(58-3)27-29-46(44)50)35-59-41-22-19-20-38(31-41)43(33-48(56)57)37-25-26-37/h19-20,22,24,27-32,34,37,43H,4-18,21,23,25-26,33,35H2,1-3H3,(H,54,55)(H,56,57). The normalized spacial score (nSPS) is 13.4. The van der Waals surface area contributed by atoms with Gasteiger partial charge in [-0.2, -0.15) is 0 Å². The van der Waals surface area contributed by atoms with Crippen molar-refractivity contribution in [1.82, 2.24) is 15.0 Å². The van der Waals surface area contributed by atoms with E-state index >= 15 is 4.39 Å². The van der Waals surface area contributed by atoms with Gasteiger partial charge >= 0.3 is 11.9 Å². The van der Waals surface area contributed by atoms with Gasteiger partial charge in [0, 0.05) is 18.2 Å². The van der Waals surface area contributed by atoms with Crippen LogP contribution in [-0.4, -0.2) is 44.3 Å². The van der Waals surface area contributed by atoms with Crippen molar-refractivity contribution < 1.29 is 33.7 Å². The zero-order valence-corrected chi connectivity index (χ0v) is 35.6. The molecule has 1 heterocycles. The molecule has 320 valence electrons. The molecule has 4 aromatic rings. The topological polar surface area (TPSA) is 124 Å². The maximum absolute atomic E-state index is 15.5. The van der Waals surface area contributed by atoms with E-state index in [1.165, 1.54) is 70.3 Å². The van der Waals surface area contributed by atoms with Gasteiger partial charge in [-0.1, -0.05) is 113 Å². The summed E-state index contributed by atoms with van der Waals surface area (Å²) in [7, 11) is 1.58. The summed E-state index contributed by atoms with van der Waals surface area (Å²) < 4.78 is 29.2. The third-order valence-electron chi connectivity index (χ3n) is 11.9. The van der Waals surface area contributed by atoms with Gasteiger partial charge in [0.05, 0.1) is 24.8 Å². The molecule has 1 fully saturated rings. The molecule has 9 nitrogen and oxygen atoms in total. The smallest absolute Gasteiger partial charge is 0.303 e. The van der Waals surface area contributed by atoms with Crippen LogP contribution in [0.4, 0.5) is 4.39 Å². The minimum absolute atomic E-state index is 0.0170. The van der Waals surface area contributed by atoms with Crippen LogP contribution in [0.2, 0.25) is 0 Å². The molecule has 1 aliphatic rings. The summed E-state index contributed by atoms with van der Waals surface area (Å²) in [6, 6.07) is 18.5. The molecule has 2 N–H and O–H groups in total. The molecule has 0 bridgehead atoms. The number of benzene rings is 3. The Morgan fingerprint density at radius 2 is 1.42 bits per heavy atom. The van der Waals surface area contributed by atoms with E-state index in [1.54, 1.807) is 19.2 Å². The summed E-state index contributed by atoms with van der Waals surface area (Å²) in [4.78, 5) is 22.2. The molecule has 1 atom stereocenters. The van der Waals surface area contributed by atoms with Crippen LogP contribution < -0.4 is 9.47 Å². The highest BCUT2D eigenvalue weighted by Gasteiger charge is 2.34. The molecule has 0 amide bonds. The first-order valence-corrected chi connectivity index (χ1v) is 22.1. The number of aryl methyl sites for hydroxylation is 1. The SMILES string of the molecule is COc1ccc(F)c(-c2ccc(COc3cccc(C(CC(=O)O)C4CC4)c3)cc2C(C)(C)n2cc(CCCCCCCCCCCCCCCCCC(=O)O)nn2)c1. The summed E-state index contributed by atoms with van der Waals surface area (Å²) in [6.07, 6.45) is 23.4. The highest BCUT2D eigenvalue weighted by Crippen LogP contribution is 2.45.